The first kappa shape index (κ1) is 17.1. The second kappa shape index (κ2) is 7.09. The molecule has 2 heterocycles. The van der Waals surface area contributed by atoms with Crippen LogP contribution in [0.5, 0.6) is 0 Å². The van der Waals surface area contributed by atoms with Gasteiger partial charge in [0.2, 0.25) is 5.89 Å². The Morgan fingerprint density at radius 2 is 1.89 bits per heavy atom. The van der Waals surface area contributed by atoms with Crippen LogP contribution in [0.4, 0.5) is 5.82 Å². The zero-order valence-electron chi connectivity index (χ0n) is 14.4. The number of hydrogen-bond donors (Lipinski definition) is 2. The molecule has 134 valence electrons. The van der Waals surface area contributed by atoms with Crippen molar-refractivity contribution in [1.82, 2.24) is 15.2 Å². The first-order valence-corrected chi connectivity index (χ1v) is 8.63. The van der Waals surface area contributed by atoms with Gasteiger partial charge in [0.1, 0.15) is 6.26 Å². The molecule has 2 N–H and O–H groups in total. The summed E-state index contributed by atoms with van der Waals surface area (Å²) < 4.78 is 5.43. The minimum atomic E-state index is -0.407. The zero-order chi connectivity index (χ0) is 18.8. The van der Waals surface area contributed by atoms with Gasteiger partial charge in [-0.05, 0) is 36.8 Å². The maximum absolute atomic E-state index is 12.6. The Hall–Kier alpha value is -3.38. The Labute approximate surface area is 160 Å². The predicted octanol–water partition coefficient (Wildman–Crippen LogP) is 4.95. The van der Waals surface area contributed by atoms with E-state index in [1.165, 1.54) is 6.26 Å². The van der Waals surface area contributed by atoms with Crippen LogP contribution < -0.4 is 5.32 Å². The Bertz CT molecular complexity index is 1100. The minimum Gasteiger partial charge on any atom is -0.444 e. The highest BCUT2D eigenvalue weighted by Crippen LogP contribution is 2.31. The lowest BCUT2D eigenvalue weighted by molar-refractivity contribution is 0.102. The predicted molar refractivity (Wildman–Crippen MR) is 104 cm³/mol. The number of H-pyrrole nitrogens is 1. The molecule has 7 heteroatoms. The Balaban J connectivity index is 1.60. The number of nitrogens with one attached hydrogen (secondary N) is 2. The maximum Gasteiger partial charge on any atom is 0.278 e. The minimum absolute atomic E-state index is 0.173. The van der Waals surface area contributed by atoms with E-state index in [4.69, 9.17) is 16.0 Å². The second-order valence-electron chi connectivity index (χ2n) is 5.94. The lowest BCUT2D eigenvalue weighted by Gasteiger charge is -2.05. The third kappa shape index (κ3) is 3.47. The Kier molecular flexibility index (Phi) is 4.48. The number of aromatic nitrogens is 3. The molecule has 0 bridgehead atoms. The number of nitrogens with zero attached hydrogens (tertiary/aromatic N) is 2. The molecule has 0 aliphatic heterocycles. The summed E-state index contributed by atoms with van der Waals surface area (Å²) in [5, 5.41) is 10.5. The summed E-state index contributed by atoms with van der Waals surface area (Å²) in [4.78, 5) is 16.9. The van der Waals surface area contributed by atoms with Crippen molar-refractivity contribution in [3.8, 4) is 22.6 Å². The number of aromatic amines is 1. The first-order chi connectivity index (χ1) is 13.1. The second-order valence-corrected chi connectivity index (χ2v) is 6.38. The lowest BCUT2D eigenvalue weighted by atomic mass is 10.1. The van der Waals surface area contributed by atoms with Gasteiger partial charge in [-0.15, -0.1) is 0 Å². The third-order valence-corrected chi connectivity index (χ3v) is 4.29. The highest BCUT2D eigenvalue weighted by Gasteiger charge is 2.19. The van der Waals surface area contributed by atoms with Crippen molar-refractivity contribution in [2.75, 3.05) is 5.32 Å². The van der Waals surface area contributed by atoms with E-state index in [2.05, 4.69) is 20.5 Å². The summed E-state index contributed by atoms with van der Waals surface area (Å²) in [6, 6.07) is 16.7. The fraction of sp³-hybridized carbons (Fsp3) is 0.0500. The van der Waals surface area contributed by atoms with Gasteiger partial charge in [-0.25, -0.2) is 4.98 Å². The summed E-state index contributed by atoms with van der Waals surface area (Å²) in [5.41, 5.74) is 3.42. The molecule has 4 aromatic rings. The van der Waals surface area contributed by atoms with Gasteiger partial charge in [0, 0.05) is 21.8 Å². The smallest absolute Gasteiger partial charge is 0.278 e. The van der Waals surface area contributed by atoms with Crippen LogP contribution in [0.3, 0.4) is 0 Å². The van der Waals surface area contributed by atoms with Crippen LogP contribution in [0.25, 0.3) is 22.6 Å². The number of oxazole rings is 1. The van der Waals surface area contributed by atoms with Gasteiger partial charge in [0.25, 0.3) is 5.91 Å². The summed E-state index contributed by atoms with van der Waals surface area (Å²) >= 11 is 6.09. The number of hydrogen-bond acceptors (Lipinski definition) is 4. The van der Waals surface area contributed by atoms with Gasteiger partial charge >= 0.3 is 0 Å². The highest BCUT2D eigenvalue weighted by atomic mass is 35.5. The van der Waals surface area contributed by atoms with Gasteiger partial charge in [-0.3, -0.25) is 9.89 Å². The maximum atomic E-state index is 12.6. The average molecular weight is 379 g/mol. The molecule has 2 aromatic heterocycles. The Morgan fingerprint density at radius 3 is 2.67 bits per heavy atom. The number of benzene rings is 2. The van der Waals surface area contributed by atoms with Crippen molar-refractivity contribution < 1.29 is 9.21 Å². The van der Waals surface area contributed by atoms with E-state index < -0.39 is 5.91 Å². The van der Waals surface area contributed by atoms with Crippen LogP contribution in [-0.2, 0) is 0 Å². The molecule has 4 rings (SSSR count). The summed E-state index contributed by atoms with van der Waals surface area (Å²) in [6.07, 6.45) is 1.33. The van der Waals surface area contributed by atoms with E-state index >= 15 is 0 Å². The lowest BCUT2D eigenvalue weighted by Crippen LogP contribution is -2.13. The molecule has 0 aliphatic carbocycles. The molecule has 0 saturated heterocycles. The summed E-state index contributed by atoms with van der Waals surface area (Å²) in [7, 11) is 0. The molecule has 6 nitrogen and oxygen atoms in total. The van der Waals surface area contributed by atoms with Crippen LogP contribution >= 0.6 is 11.6 Å². The molecular weight excluding hydrogens is 364 g/mol. The van der Waals surface area contributed by atoms with Crippen molar-refractivity contribution in [3.63, 3.8) is 0 Å². The first-order valence-electron chi connectivity index (χ1n) is 8.25. The molecule has 2 aromatic carbocycles. The van der Waals surface area contributed by atoms with Gasteiger partial charge in [-0.2, -0.15) is 5.10 Å². The van der Waals surface area contributed by atoms with Crippen molar-refractivity contribution in [3.05, 3.63) is 77.3 Å². The van der Waals surface area contributed by atoms with Gasteiger partial charge < -0.3 is 9.73 Å². The van der Waals surface area contributed by atoms with Crippen LogP contribution in [0.1, 0.15) is 16.2 Å². The molecule has 0 aliphatic rings. The van der Waals surface area contributed by atoms with Crippen molar-refractivity contribution in [2.45, 2.75) is 6.92 Å². The number of rotatable bonds is 4. The van der Waals surface area contributed by atoms with Crippen molar-refractivity contribution in [2.24, 2.45) is 0 Å². The van der Waals surface area contributed by atoms with E-state index in [0.717, 1.165) is 22.4 Å². The van der Waals surface area contributed by atoms with Gasteiger partial charge in [0.15, 0.2) is 11.5 Å². The topological polar surface area (TPSA) is 83.8 Å². The van der Waals surface area contributed by atoms with E-state index in [1.54, 1.807) is 6.07 Å². The molecule has 0 atom stereocenters. The molecule has 0 spiro atoms. The number of halogens is 1. The van der Waals surface area contributed by atoms with Crippen molar-refractivity contribution >= 4 is 23.3 Å². The van der Waals surface area contributed by atoms with Gasteiger partial charge in [0.05, 0.1) is 0 Å². The number of amides is 1. The van der Waals surface area contributed by atoms with Crippen LogP contribution in [-0.4, -0.2) is 21.1 Å². The van der Waals surface area contributed by atoms with E-state index in [9.17, 15) is 4.79 Å². The number of carbonyl (C=O) groups is 1. The summed E-state index contributed by atoms with van der Waals surface area (Å²) in [5.74, 6) is 0.383. The largest absolute Gasteiger partial charge is 0.444 e. The highest BCUT2D eigenvalue weighted by molar-refractivity contribution is 6.30. The standard InChI is InChI=1S/C20H15ClN4O2/c1-12-17(14-8-5-9-15(21)10-14)18(25-24-12)23-19(26)16-11-27-20(22-16)13-6-3-2-4-7-13/h2-11H,1H3,(H2,23,24,25,26). The van der Waals surface area contributed by atoms with E-state index in [-0.39, 0.29) is 5.69 Å². The van der Waals surface area contributed by atoms with E-state index in [1.807, 2.05) is 55.5 Å². The number of anilines is 1. The molecule has 27 heavy (non-hydrogen) atoms. The van der Waals surface area contributed by atoms with Crippen molar-refractivity contribution in [1.29, 1.82) is 0 Å². The molecule has 0 unspecified atom stereocenters. The van der Waals surface area contributed by atoms with Crippen LogP contribution in [0.2, 0.25) is 5.02 Å². The van der Waals surface area contributed by atoms with E-state index in [0.29, 0.717) is 16.7 Å². The normalized spacial score (nSPS) is 10.7. The quantitative estimate of drug-likeness (QED) is 0.526. The van der Waals surface area contributed by atoms with Gasteiger partial charge in [-0.1, -0.05) is 41.9 Å². The molecule has 0 radical (unpaired) electrons. The molecule has 0 saturated carbocycles. The molecular formula is C20H15ClN4O2. The number of aryl methyl sites for hydroxylation is 1. The Morgan fingerprint density at radius 1 is 1.11 bits per heavy atom. The monoisotopic (exact) mass is 378 g/mol. The molecule has 1 amide bonds. The van der Waals surface area contributed by atoms with Crippen LogP contribution in [0.15, 0.2) is 65.3 Å². The summed E-state index contributed by atoms with van der Waals surface area (Å²) in [6.45, 7) is 1.88. The fourth-order valence-electron chi connectivity index (χ4n) is 2.78. The average Bonchev–Trinajstić information content (AvgIpc) is 3.30. The molecule has 0 fully saturated rings. The fourth-order valence-corrected chi connectivity index (χ4v) is 2.97. The zero-order valence-corrected chi connectivity index (χ0v) is 15.1. The number of carbonyl (C=O) groups excluding carboxylic acids is 1. The van der Waals surface area contributed by atoms with Crippen LogP contribution in [0, 0.1) is 6.92 Å². The SMILES string of the molecule is Cc1[nH]nc(NC(=O)c2coc(-c3ccccc3)n2)c1-c1cccc(Cl)c1. The third-order valence-electron chi connectivity index (χ3n) is 4.05.